The number of pyridine rings is 1. The van der Waals surface area contributed by atoms with Crippen molar-refractivity contribution in [3.63, 3.8) is 0 Å². The van der Waals surface area contributed by atoms with Gasteiger partial charge >= 0.3 is 5.97 Å². The number of hydrogen-bond acceptors (Lipinski definition) is 4. The van der Waals surface area contributed by atoms with Crippen LogP contribution in [0.2, 0.25) is 0 Å². The quantitative estimate of drug-likeness (QED) is 0.724. The lowest BCUT2D eigenvalue weighted by molar-refractivity contribution is -0.137. The van der Waals surface area contributed by atoms with Gasteiger partial charge in [0, 0.05) is 18.0 Å². The Bertz CT molecular complexity index is 724. The molecule has 2 amide bonds. The van der Waals surface area contributed by atoms with Crippen LogP contribution >= 0.6 is 0 Å². The van der Waals surface area contributed by atoms with Crippen molar-refractivity contribution in [2.45, 2.75) is 18.9 Å². The Morgan fingerprint density at radius 1 is 1.23 bits per heavy atom. The second-order valence-electron chi connectivity index (χ2n) is 4.74. The summed E-state index contributed by atoms with van der Waals surface area (Å²) >= 11 is 0. The minimum absolute atomic E-state index is 0.0561. The topological polar surface area (TPSA) is 122 Å². The molecule has 0 aliphatic heterocycles. The van der Waals surface area contributed by atoms with Crippen molar-refractivity contribution < 1.29 is 19.5 Å². The third-order valence-corrected chi connectivity index (χ3v) is 3.19. The van der Waals surface area contributed by atoms with Crippen molar-refractivity contribution in [3.8, 4) is 0 Å². The van der Waals surface area contributed by atoms with Crippen molar-refractivity contribution in [1.29, 1.82) is 0 Å². The van der Waals surface area contributed by atoms with Gasteiger partial charge in [-0.25, -0.2) is 0 Å². The van der Waals surface area contributed by atoms with Crippen LogP contribution in [0.1, 0.15) is 23.2 Å². The minimum atomic E-state index is -1.06. The van der Waals surface area contributed by atoms with E-state index in [0.717, 1.165) is 0 Å². The first-order chi connectivity index (χ1) is 10.5. The van der Waals surface area contributed by atoms with Gasteiger partial charge < -0.3 is 16.2 Å². The van der Waals surface area contributed by atoms with Gasteiger partial charge in [0.15, 0.2) is 0 Å². The van der Waals surface area contributed by atoms with Crippen LogP contribution in [0.25, 0.3) is 10.9 Å². The first kappa shape index (κ1) is 15.4. The van der Waals surface area contributed by atoms with Crippen LogP contribution in [0, 0.1) is 0 Å². The number of hydrogen-bond donors (Lipinski definition) is 3. The summed E-state index contributed by atoms with van der Waals surface area (Å²) in [5, 5.41) is 11.8. The number of nitrogens with two attached hydrogens (primary N) is 1. The van der Waals surface area contributed by atoms with E-state index in [4.69, 9.17) is 10.8 Å². The summed E-state index contributed by atoms with van der Waals surface area (Å²) in [7, 11) is 0. The SMILES string of the molecule is NC(=O)[C@@H](CCC(=O)O)NC(=O)c1ccnc2ccccc12. The molecular weight excluding hydrogens is 286 g/mol. The Kier molecular flexibility index (Phi) is 4.67. The van der Waals surface area contributed by atoms with Crippen LogP contribution in [0.5, 0.6) is 0 Å². The molecule has 0 saturated heterocycles. The molecule has 114 valence electrons. The number of aromatic nitrogens is 1. The molecule has 1 aromatic carbocycles. The number of primary amides is 1. The summed E-state index contributed by atoms with van der Waals surface area (Å²) in [6.45, 7) is 0. The summed E-state index contributed by atoms with van der Waals surface area (Å²) in [6.07, 6.45) is 1.18. The molecule has 0 bridgehead atoms. The summed E-state index contributed by atoms with van der Waals surface area (Å²) in [5.41, 5.74) is 6.21. The molecule has 2 rings (SSSR count). The average molecular weight is 301 g/mol. The molecule has 1 aromatic heterocycles. The van der Waals surface area contributed by atoms with Gasteiger partial charge in [-0.05, 0) is 18.6 Å². The van der Waals surface area contributed by atoms with Crippen LogP contribution in [0.15, 0.2) is 36.5 Å². The molecule has 0 radical (unpaired) electrons. The van der Waals surface area contributed by atoms with E-state index in [0.29, 0.717) is 16.5 Å². The second kappa shape index (κ2) is 6.66. The zero-order valence-corrected chi connectivity index (χ0v) is 11.7. The molecule has 0 unspecified atom stereocenters. The van der Waals surface area contributed by atoms with E-state index in [1.54, 1.807) is 24.3 Å². The van der Waals surface area contributed by atoms with E-state index >= 15 is 0 Å². The number of amides is 2. The highest BCUT2D eigenvalue weighted by atomic mass is 16.4. The first-order valence-corrected chi connectivity index (χ1v) is 6.64. The smallest absolute Gasteiger partial charge is 0.303 e. The van der Waals surface area contributed by atoms with Crippen LogP contribution in [0.4, 0.5) is 0 Å². The molecule has 4 N–H and O–H groups in total. The molecule has 1 heterocycles. The maximum atomic E-state index is 12.3. The maximum absolute atomic E-state index is 12.3. The Morgan fingerprint density at radius 2 is 1.95 bits per heavy atom. The fraction of sp³-hybridized carbons (Fsp3) is 0.200. The van der Waals surface area contributed by atoms with E-state index in [2.05, 4.69) is 10.3 Å². The van der Waals surface area contributed by atoms with Crippen LogP contribution in [-0.4, -0.2) is 33.9 Å². The Hall–Kier alpha value is -2.96. The number of nitrogens with zero attached hydrogens (tertiary/aromatic N) is 1. The van der Waals surface area contributed by atoms with E-state index < -0.39 is 23.8 Å². The number of para-hydroxylation sites is 1. The number of fused-ring (bicyclic) bond motifs is 1. The predicted molar refractivity (Wildman–Crippen MR) is 79.1 cm³/mol. The highest BCUT2D eigenvalue weighted by molar-refractivity contribution is 6.07. The summed E-state index contributed by atoms with van der Waals surface area (Å²) in [4.78, 5) is 38.4. The number of rotatable bonds is 6. The normalized spacial score (nSPS) is 11.8. The Balaban J connectivity index is 2.22. The maximum Gasteiger partial charge on any atom is 0.303 e. The van der Waals surface area contributed by atoms with Gasteiger partial charge in [0.05, 0.1) is 11.1 Å². The lowest BCUT2D eigenvalue weighted by Gasteiger charge is -2.15. The van der Waals surface area contributed by atoms with Crippen molar-refractivity contribution in [1.82, 2.24) is 10.3 Å². The van der Waals surface area contributed by atoms with Gasteiger partial charge in [-0.1, -0.05) is 18.2 Å². The van der Waals surface area contributed by atoms with Crippen molar-refractivity contribution in [3.05, 3.63) is 42.1 Å². The molecule has 7 heteroatoms. The van der Waals surface area contributed by atoms with E-state index in [1.807, 2.05) is 0 Å². The molecule has 22 heavy (non-hydrogen) atoms. The molecule has 1 atom stereocenters. The zero-order valence-electron chi connectivity index (χ0n) is 11.7. The summed E-state index contributed by atoms with van der Waals surface area (Å²) < 4.78 is 0. The summed E-state index contributed by atoms with van der Waals surface area (Å²) in [6, 6.07) is 7.59. The standard InChI is InChI=1S/C15H15N3O4/c16-14(21)12(5-6-13(19)20)18-15(22)10-7-8-17-11-4-2-1-3-9(10)11/h1-4,7-8,12H,5-6H2,(H2,16,21)(H,18,22)(H,19,20)/t12-/m1/s1. The number of carboxylic acids is 1. The number of carboxylic acid groups (broad SMARTS) is 1. The highest BCUT2D eigenvalue weighted by Gasteiger charge is 2.21. The number of carbonyl (C=O) groups is 3. The van der Waals surface area contributed by atoms with Crippen molar-refractivity contribution in [2.75, 3.05) is 0 Å². The first-order valence-electron chi connectivity index (χ1n) is 6.64. The Morgan fingerprint density at radius 3 is 2.64 bits per heavy atom. The molecule has 0 fully saturated rings. The van der Waals surface area contributed by atoms with E-state index in [1.165, 1.54) is 12.3 Å². The van der Waals surface area contributed by atoms with Gasteiger partial charge in [0.25, 0.3) is 5.91 Å². The van der Waals surface area contributed by atoms with E-state index in [-0.39, 0.29) is 12.8 Å². The van der Waals surface area contributed by atoms with Crippen LogP contribution < -0.4 is 11.1 Å². The highest BCUT2D eigenvalue weighted by Crippen LogP contribution is 2.16. The van der Waals surface area contributed by atoms with Gasteiger partial charge in [0.1, 0.15) is 6.04 Å². The molecule has 0 aliphatic rings. The molecule has 2 aromatic rings. The van der Waals surface area contributed by atoms with Gasteiger partial charge in [-0.15, -0.1) is 0 Å². The number of benzene rings is 1. The van der Waals surface area contributed by atoms with Gasteiger partial charge in [-0.2, -0.15) is 0 Å². The monoisotopic (exact) mass is 301 g/mol. The number of aliphatic carboxylic acids is 1. The van der Waals surface area contributed by atoms with Crippen LogP contribution in [0.3, 0.4) is 0 Å². The molecular formula is C15H15N3O4. The van der Waals surface area contributed by atoms with E-state index in [9.17, 15) is 14.4 Å². The van der Waals surface area contributed by atoms with Gasteiger partial charge in [0.2, 0.25) is 5.91 Å². The lowest BCUT2D eigenvalue weighted by atomic mass is 10.1. The largest absolute Gasteiger partial charge is 0.481 e. The number of carbonyl (C=O) groups excluding carboxylic acids is 2. The van der Waals surface area contributed by atoms with Crippen LogP contribution in [-0.2, 0) is 9.59 Å². The van der Waals surface area contributed by atoms with Gasteiger partial charge in [-0.3, -0.25) is 19.4 Å². The Labute approximate surface area is 126 Å². The lowest BCUT2D eigenvalue weighted by Crippen LogP contribution is -2.44. The minimum Gasteiger partial charge on any atom is -0.481 e. The third-order valence-electron chi connectivity index (χ3n) is 3.19. The van der Waals surface area contributed by atoms with Crippen molar-refractivity contribution in [2.24, 2.45) is 5.73 Å². The third kappa shape index (κ3) is 3.57. The molecule has 0 saturated carbocycles. The fourth-order valence-electron chi connectivity index (χ4n) is 2.08. The fourth-order valence-corrected chi connectivity index (χ4v) is 2.08. The predicted octanol–water partition coefficient (Wildman–Crippen LogP) is 0.683. The average Bonchev–Trinajstić information content (AvgIpc) is 2.50. The second-order valence-corrected chi connectivity index (χ2v) is 4.74. The molecule has 0 spiro atoms. The number of nitrogens with one attached hydrogen (secondary N) is 1. The molecule has 7 nitrogen and oxygen atoms in total. The van der Waals surface area contributed by atoms with Crippen molar-refractivity contribution >= 4 is 28.7 Å². The summed E-state index contributed by atoms with van der Waals surface area (Å²) in [5.74, 6) is -2.32. The molecule has 0 aliphatic carbocycles. The zero-order chi connectivity index (χ0) is 16.1.